The van der Waals surface area contributed by atoms with Gasteiger partial charge in [-0.25, -0.2) is 4.79 Å². The van der Waals surface area contributed by atoms with Crippen LogP contribution in [-0.4, -0.2) is 27.2 Å². The van der Waals surface area contributed by atoms with Gasteiger partial charge in [-0.1, -0.05) is 18.2 Å². The maximum atomic E-state index is 11.8. The summed E-state index contributed by atoms with van der Waals surface area (Å²) in [6, 6.07) is 11.5. The first-order valence-corrected chi connectivity index (χ1v) is 5.71. The van der Waals surface area contributed by atoms with Gasteiger partial charge in [-0.2, -0.15) is 0 Å². The molecule has 5 heteroatoms. The van der Waals surface area contributed by atoms with Crippen molar-refractivity contribution in [1.29, 1.82) is 0 Å². The Hall–Kier alpha value is -2.43. The summed E-state index contributed by atoms with van der Waals surface area (Å²) in [5.41, 5.74) is 1.53. The molecule has 0 aliphatic carbocycles. The highest BCUT2D eigenvalue weighted by atomic mass is 16.5. The van der Waals surface area contributed by atoms with Crippen molar-refractivity contribution in [3.05, 3.63) is 42.2 Å². The monoisotopic (exact) mass is 241 g/mol. The lowest BCUT2D eigenvalue weighted by Crippen LogP contribution is -2.10. The summed E-state index contributed by atoms with van der Waals surface area (Å²) >= 11 is 0. The predicted molar refractivity (Wildman–Crippen MR) is 66.4 cm³/mol. The third kappa shape index (κ3) is 1.52. The average molecular weight is 241 g/mol. The number of hydrogen-bond donors (Lipinski definition) is 0. The number of esters is 1. The molecular weight excluding hydrogens is 230 g/mol. The summed E-state index contributed by atoms with van der Waals surface area (Å²) in [5, 5.41) is 8.91. The fourth-order valence-electron chi connectivity index (χ4n) is 1.97. The summed E-state index contributed by atoms with van der Waals surface area (Å²) in [5.74, 6) is -0.245. The van der Waals surface area contributed by atoms with E-state index in [0.717, 1.165) is 10.9 Å². The molecule has 0 amide bonds. The molecule has 5 nitrogen and oxygen atoms in total. The molecule has 3 rings (SSSR count). The fraction of sp³-hybridized carbons (Fsp3) is 0.154. The molecule has 90 valence electrons. The van der Waals surface area contributed by atoms with E-state index in [1.165, 1.54) is 0 Å². The van der Waals surface area contributed by atoms with E-state index in [1.54, 1.807) is 11.3 Å². The van der Waals surface area contributed by atoms with Crippen LogP contribution in [0.2, 0.25) is 0 Å². The van der Waals surface area contributed by atoms with Crippen molar-refractivity contribution in [1.82, 2.24) is 14.6 Å². The largest absolute Gasteiger partial charge is 0.460 e. The van der Waals surface area contributed by atoms with Crippen LogP contribution in [0.5, 0.6) is 0 Å². The Labute approximate surface area is 103 Å². The highest BCUT2D eigenvalue weighted by molar-refractivity contribution is 5.90. The molecule has 0 saturated heterocycles. The third-order valence-electron chi connectivity index (χ3n) is 2.74. The second-order valence-corrected chi connectivity index (χ2v) is 3.83. The Morgan fingerprint density at radius 3 is 2.89 bits per heavy atom. The maximum absolute atomic E-state index is 11.8. The van der Waals surface area contributed by atoms with Gasteiger partial charge in [-0.05, 0) is 30.5 Å². The van der Waals surface area contributed by atoms with Gasteiger partial charge in [-0.3, -0.25) is 4.40 Å². The molecule has 0 unspecified atom stereocenters. The van der Waals surface area contributed by atoms with Gasteiger partial charge in [0.25, 0.3) is 0 Å². The van der Waals surface area contributed by atoms with Gasteiger partial charge in [0.15, 0.2) is 5.65 Å². The molecular formula is C13H11N3O2. The summed E-state index contributed by atoms with van der Waals surface area (Å²) < 4.78 is 6.70. The van der Waals surface area contributed by atoms with E-state index in [0.29, 0.717) is 12.3 Å². The Morgan fingerprint density at radius 2 is 2.06 bits per heavy atom. The van der Waals surface area contributed by atoms with Gasteiger partial charge >= 0.3 is 5.97 Å². The van der Waals surface area contributed by atoms with Gasteiger partial charge < -0.3 is 4.74 Å². The number of fused-ring (bicyclic) bond motifs is 3. The first-order chi connectivity index (χ1) is 8.81. The number of rotatable bonds is 2. The Balaban J connectivity index is 2.33. The maximum Gasteiger partial charge on any atom is 0.376 e. The zero-order chi connectivity index (χ0) is 12.5. The van der Waals surface area contributed by atoms with Crippen molar-refractivity contribution in [3.8, 4) is 0 Å². The van der Waals surface area contributed by atoms with E-state index >= 15 is 0 Å². The van der Waals surface area contributed by atoms with Gasteiger partial charge in [0.1, 0.15) is 0 Å². The van der Waals surface area contributed by atoms with Crippen molar-refractivity contribution in [2.45, 2.75) is 6.92 Å². The molecule has 3 aromatic rings. The van der Waals surface area contributed by atoms with Crippen molar-refractivity contribution < 1.29 is 9.53 Å². The first-order valence-electron chi connectivity index (χ1n) is 5.71. The number of carbonyl (C=O) groups excluding carboxylic acids is 1. The summed E-state index contributed by atoms with van der Waals surface area (Å²) in [7, 11) is 0. The number of hydrogen-bond acceptors (Lipinski definition) is 4. The molecule has 0 fully saturated rings. The van der Waals surface area contributed by atoms with E-state index in [9.17, 15) is 4.79 Å². The zero-order valence-electron chi connectivity index (χ0n) is 9.83. The van der Waals surface area contributed by atoms with Crippen LogP contribution in [0.4, 0.5) is 0 Å². The predicted octanol–water partition coefficient (Wildman–Crippen LogP) is 2.06. The SMILES string of the molecule is CCOC(=O)c1nnc2ccc3ccccc3n12. The summed E-state index contributed by atoms with van der Waals surface area (Å²) in [6.45, 7) is 2.08. The molecule has 2 aromatic heterocycles. The van der Waals surface area contributed by atoms with Crippen LogP contribution in [0.25, 0.3) is 16.6 Å². The fourth-order valence-corrected chi connectivity index (χ4v) is 1.97. The molecule has 0 N–H and O–H groups in total. The van der Waals surface area contributed by atoms with Crippen molar-refractivity contribution in [3.63, 3.8) is 0 Å². The van der Waals surface area contributed by atoms with Crippen LogP contribution in [0.1, 0.15) is 17.5 Å². The molecule has 2 heterocycles. The quantitative estimate of drug-likeness (QED) is 0.644. The van der Waals surface area contributed by atoms with Crippen LogP contribution in [0, 0.1) is 0 Å². The van der Waals surface area contributed by atoms with Crippen LogP contribution in [-0.2, 0) is 4.74 Å². The summed E-state index contributed by atoms with van der Waals surface area (Å²) in [6.07, 6.45) is 0. The number of para-hydroxylation sites is 1. The minimum Gasteiger partial charge on any atom is -0.460 e. The minimum atomic E-state index is -0.457. The number of benzene rings is 1. The average Bonchev–Trinajstić information content (AvgIpc) is 2.83. The van der Waals surface area contributed by atoms with E-state index in [-0.39, 0.29) is 5.82 Å². The number of pyridine rings is 1. The standard InChI is InChI=1S/C13H11N3O2/c1-2-18-13(17)12-15-14-11-8-7-9-5-3-4-6-10(9)16(11)12/h3-8H,2H2,1H3. The molecule has 0 atom stereocenters. The topological polar surface area (TPSA) is 56.5 Å². The first kappa shape index (κ1) is 10.7. The highest BCUT2D eigenvalue weighted by Crippen LogP contribution is 2.17. The van der Waals surface area contributed by atoms with Gasteiger partial charge in [0.2, 0.25) is 5.82 Å². The number of carbonyl (C=O) groups is 1. The van der Waals surface area contributed by atoms with Crippen molar-refractivity contribution in [2.75, 3.05) is 6.61 Å². The normalized spacial score (nSPS) is 10.9. The lowest BCUT2D eigenvalue weighted by molar-refractivity contribution is 0.0511. The second-order valence-electron chi connectivity index (χ2n) is 3.83. The molecule has 0 bridgehead atoms. The zero-order valence-corrected chi connectivity index (χ0v) is 9.83. The second kappa shape index (κ2) is 4.10. The van der Waals surface area contributed by atoms with Gasteiger partial charge in [0, 0.05) is 0 Å². The minimum absolute atomic E-state index is 0.212. The Morgan fingerprint density at radius 1 is 1.22 bits per heavy atom. The summed E-state index contributed by atoms with van der Waals surface area (Å²) in [4.78, 5) is 11.8. The van der Waals surface area contributed by atoms with E-state index < -0.39 is 5.97 Å². The number of ether oxygens (including phenoxy) is 1. The molecule has 18 heavy (non-hydrogen) atoms. The molecule has 0 aliphatic heterocycles. The molecule has 1 aromatic carbocycles. The third-order valence-corrected chi connectivity index (χ3v) is 2.74. The molecule has 0 radical (unpaired) electrons. The lowest BCUT2D eigenvalue weighted by Gasteiger charge is -2.04. The molecule has 0 aliphatic rings. The Kier molecular flexibility index (Phi) is 2.44. The van der Waals surface area contributed by atoms with E-state index in [4.69, 9.17) is 4.74 Å². The number of nitrogens with zero attached hydrogens (tertiary/aromatic N) is 3. The highest BCUT2D eigenvalue weighted by Gasteiger charge is 2.16. The van der Waals surface area contributed by atoms with Gasteiger partial charge in [-0.15, -0.1) is 10.2 Å². The Bertz CT molecular complexity index is 733. The van der Waals surface area contributed by atoms with Crippen molar-refractivity contribution >= 4 is 22.5 Å². The molecule has 0 spiro atoms. The van der Waals surface area contributed by atoms with Crippen LogP contribution in [0.15, 0.2) is 36.4 Å². The van der Waals surface area contributed by atoms with Crippen LogP contribution in [0.3, 0.4) is 0 Å². The van der Waals surface area contributed by atoms with E-state index in [2.05, 4.69) is 10.2 Å². The molecule has 0 saturated carbocycles. The van der Waals surface area contributed by atoms with Gasteiger partial charge in [0.05, 0.1) is 12.1 Å². The van der Waals surface area contributed by atoms with E-state index in [1.807, 2.05) is 36.4 Å². The van der Waals surface area contributed by atoms with Crippen LogP contribution >= 0.6 is 0 Å². The van der Waals surface area contributed by atoms with Crippen molar-refractivity contribution in [2.24, 2.45) is 0 Å². The smallest absolute Gasteiger partial charge is 0.376 e. The lowest BCUT2D eigenvalue weighted by atomic mass is 10.2. The van der Waals surface area contributed by atoms with Crippen LogP contribution < -0.4 is 0 Å². The number of aromatic nitrogens is 3.